The van der Waals surface area contributed by atoms with Crippen molar-refractivity contribution in [3.63, 3.8) is 0 Å². The van der Waals surface area contributed by atoms with Gasteiger partial charge in [-0.05, 0) is 54.2 Å². The fourth-order valence-electron chi connectivity index (χ4n) is 1.38. The molecule has 0 spiro atoms. The van der Waals surface area contributed by atoms with E-state index < -0.39 is 0 Å². The minimum Gasteiger partial charge on any atom is -0.363 e. The Morgan fingerprint density at radius 2 is 2.27 bits per heavy atom. The third-order valence-corrected chi connectivity index (χ3v) is 3.19. The van der Waals surface area contributed by atoms with Crippen LogP contribution in [-0.4, -0.2) is 11.7 Å². The van der Waals surface area contributed by atoms with Crippen molar-refractivity contribution < 1.29 is 0 Å². The second kappa shape index (κ2) is 4.59. The van der Waals surface area contributed by atoms with Crippen LogP contribution in [0.2, 0.25) is 0 Å². The zero-order chi connectivity index (χ0) is 10.7. The molecule has 0 aliphatic rings. The summed E-state index contributed by atoms with van der Waals surface area (Å²) in [5.41, 5.74) is 1.03. The van der Waals surface area contributed by atoms with Crippen molar-refractivity contribution >= 4 is 44.4 Å². The van der Waals surface area contributed by atoms with Gasteiger partial charge in [0.2, 0.25) is 0 Å². The van der Waals surface area contributed by atoms with E-state index in [4.69, 9.17) is 12.2 Å². The third kappa shape index (κ3) is 2.46. The Kier molecular flexibility index (Phi) is 3.18. The summed E-state index contributed by atoms with van der Waals surface area (Å²) in [7, 11) is 0. The van der Waals surface area contributed by atoms with Crippen molar-refractivity contribution in [3.8, 4) is 0 Å². The molecule has 2 aromatic rings. The average Bonchev–Trinajstić information content (AvgIpc) is 2.65. The average molecular weight is 236 g/mol. The minimum absolute atomic E-state index is 0.673. The van der Waals surface area contributed by atoms with Gasteiger partial charge in [0.1, 0.15) is 0 Å². The summed E-state index contributed by atoms with van der Waals surface area (Å²) in [4.78, 5) is 0. The van der Waals surface area contributed by atoms with Crippen molar-refractivity contribution in [3.05, 3.63) is 29.6 Å². The lowest BCUT2D eigenvalue weighted by atomic mass is 10.2. The molecule has 0 unspecified atom stereocenters. The first-order chi connectivity index (χ1) is 7.29. The van der Waals surface area contributed by atoms with Gasteiger partial charge in [-0.1, -0.05) is 0 Å². The maximum atomic E-state index is 5.12. The van der Waals surface area contributed by atoms with Gasteiger partial charge in [0.15, 0.2) is 5.11 Å². The van der Waals surface area contributed by atoms with E-state index in [0.29, 0.717) is 5.11 Å². The third-order valence-electron chi connectivity index (χ3n) is 2.05. The Balaban J connectivity index is 2.17. The first kappa shape index (κ1) is 10.4. The maximum absolute atomic E-state index is 5.12. The molecule has 0 amide bonds. The molecule has 1 aromatic carbocycles. The summed E-state index contributed by atoms with van der Waals surface area (Å²) < 4.78 is 1.30. The molecule has 2 nitrogen and oxygen atoms in total. The molecule has 0 fully saturated rings. The lowest BCUT2D eigenvalue weighted by molar-refractivity contribution is 0.979. The van der Waals surface area contributed by atoms with Gasteiger partial charge < -0.3 is 10.6 Å². The van der Waals surface area contributed by atoms with Gasteiger partial charge in [-0.15, -0.1) is 11.3 Å². The molecule has 15 heavy (non-hydrogen) atoms. The molecular formula is C11H12N2S2. The van der Waals surface area contributed by atoms with E-state index in [9.17, 15) is 0 Å². The fourth-order valence-corrected chi connectivity index (χ4v) is 2.41. The van der Waals surface area contributed by atoms with E-state index in [-0.39, 0.29) is 0 Å². The van der Waals surface area contributed by atoms with Crippen LogP contribution in [0.4, 0.5) is 5.69 Å². The summed E-state index contributed by atoms with van der Waals surface area (Å²) in [6.07, 6.45) is 0. The van der Waals surface area contributed by atoms with Crippen molar-refractivity contribution in [2.45, 2.75) is 6.92 Å². The predicted molar refractivity (Wildman–Crippen MR) is 71.7 cm³/mol. The highest BCUT2D eigenvalue weighted by Crippen LogP contribution is 2.23. The van der Waals surface area contributed by atoms with E-state index in [2.05, 4.69) is 34.2 Å². The topological polar surface area (TPSA) is 24.1 Å². The molecular weight excluding hydrogens is 224 g/mol. The molecule has 4 heteroatoms. The van der Waals surface area contributed by atoms with Gasteiger partial charge >= 0.3 is 0 Å². The Bertz CT molecular complexity index is 476. The Morgan fingerprint density at radius 1 is 1.40 bits per heavy atom. The normalized spacial score (nSPS) is 10.2. The van der Waals surface area contributed by atoms with Gasteiger partial charge in [-0.3, -0.25) is 0 Å². The van der Waals surface area contributed by atoms with Crippen LogP contribution in [0.1, 0.15) is 6.92 Å². The molecule has 0 atom stereocenters. The van der Waals surface area contributed by atoms with Crippen LogP contribution in [0.3, 0.4) is 0 Å². The standard InChI is InChI=1S/C11H12N2S2/c1-2-12-11(14)13-9-3-4-10-8(7-9)5-6-15-10/h3-7H,2H2,1H3,(H2,12,13,14). The van der Waals surface area contributed by atoms with E-state index in [0.717, 1.165) is 12.2 Å². The Morgan fingerprint density at radius 3 is 3.07 bits per heavy atom. The molecule has 78 valence electrons. The van der Waals surface area contributed by atoms with Crippen LogP contribution < -0.4 is 10.6 Å². The molecule has 0 radical (unpaired) electrons. The van der Waals surface area contributed by atoms with Gasteiger partial charge in [0.05, 0.1) is 0 Å². The second-order valence-corrected chi connectivity index (χ2v) is 4.51. The van der Waals surface area contributed by atoms with E-state index in [1.807, 2.05) is 13.0 Å². The van der Waals surface area contributed by atoms with E-state index in [1.165, 1.54) is 10.1 Å². The van der Waals surface area contributed by atoms with E-state index in [1.54, 1.807) is 11.3 Å². The molecule has 0 aliphatic carbocycles. The quantitative estimate of drug-likeness (QED) is 0.783. The monoisotopic (exact) mass is 236 g/mol. The highest BCUT2D eigenvalue weighted by Gasteiger charge is 1.98. The van der Waals surface area contributed by atoms with E-state index >= 15 is 0 Å². The highest BCUT2D eigenvalue weighted by molar-refractivity contribution is 7.80. The van der Waals surface area contributed by atoms with Gasteiger partial charge in [-0.2, -0.15) is 0 Å². The molecule has 0 saturated heterocycles. The van der Waals surface area contributed by atoms with Crippen LogP contribution in [0.15, 0.2) is 29.6 Å². The summed E-state index contributed by atoms with van der Waals surface area (Å²) in [5, 5.41) is 10.2. The zero-order valence-electron chi connectivity index (χ0n) is 8.41. The number of thiophene rings is 1. The number of hydrogen-bond donors (Lipinski definition) is 2. The molecule has 2 rings (SSSR count). The number of hydrogen-bond acceptors (Lipinski definition) is 2. The van der Waals surface area contributed by atoms with Crippen molar-refractivity contribution in [2.75, 3.05) is 11.9 Å². The molecule has 0 aliphatic heterocycles. The van der Waals surface area contributed by atoms with Crippen LogP contribution in [0.5, 0.6) is 0 Å². The largest absolute Gasteiger partial charge is 0.363 e. The first-order valence-electron chi connectivity index (χ1n) is 4.81. The molecule has 2 N–H and O–H groups in total. The number of thiocarbonyl (C=S) groups is 1. The van der Waals surface area contributed by atoms with Crippen molar-refractivity contribution in [2.24, 2.45) is 0 Å². The number of fused-ring (bicyclic) bond motifs is 1. The van der Waals surface area contributed by atoms with Crippen LogP contribution >= 0.6 is 23.6 Å². The number of anilines is 1. The minimum atomic E-state index is 0.673. The Hall–Kier alpha value is -1.13. The SMILES string of the molecule is CCNC(=S)Nc1ccc2sccc2c1. The zero-order valence-corrected chi connectivity index (χ0v) is 10.0. The summed E-state index contributed by atoms with van der Waals surface area (Å²) in [5.74, 6) is 0. The predicted octanol–water partition coefficient (Wildman–Crippen LogP) is 3.21. The first-order valence-corrected chi connectivity index (χ1v) is 6.10. The fraction of sp³-hybridized carbons (Fsp3) is 0.182. The lowest BCUT2D eigenvalue weighted by Crippen LogP contribution is -2.27. The molecule has 0 saturated carbocycles. The lowest BCUT2D eigenvalue weighted by Gasteiger charge is -2.08. The van der Waals surface area contributed by atoms with Crippen molar-refractivity contribution in [1.29, 1.82) is 0 Å². The summed E-state index contributed by atoms with van der Waals surface area (Å²) in [6, 6.07) is 8.37. The molecule has 1 heterocycles. The second-order valence-electron chi connectivity index (χ2n) is 3.16. The molecule has 1 aromatic heterocycles. The van der Waals surface area contributed by atoms with Gasteiger partial charge in [0.25, 0.3) is 0 Å². The number of benzene rings is 1. The smallest absolute Gasteiger partial charge is 0.170 e. The van der Waals surface area contributed by atoms with Crippen LogP contribution in [-0.2, 0) is 0 Å². The summed E-state index contributed by atoms with van der Waals surface area (Å²) >= 11 is 6.87. The maximum Gasteiger partial charge on any atom is 0.170 e. The molecule has 0 bridgehead atoms. The number of rotatable bonds is 2. The Labute approximate surface area is 98.3 Å². The van der Waals surface area contributed by atoms with Gasteiger partial charge in [0, 0.05) is 16.9 Å². The summed E-state index contributed by atoms with van der Waals surface area (Å²) in [6.45, 7) is 2.86. The van der Waals surface area contributed by atoms with Crippen molar-refractivity contribution in [1.82, 2.24) is 5.32 Å². The van der Waals surface area contributed by atoms with Crippen LogP contribution in [0.25, 0.3) is 10.1 Å². The van der Waals surface area contributed by atoms with Gasteiger partial charge in [-0.25, -0.2) is 0 Å². The number of nitrogens with one attached hydrogen (secondary N) is 2. The highest BCUT2D eigenvalue weighted by atomic mass is 32.1. The van der Waals surface area contributed by atoms with Crippen LogP contribution in [0, 0.1) is 0 Å².